The Balaban J connectivity index is 1.69. The van der Waals surface area contributed by atoms with Gasteiger partial charge in [-0.15, -0.1) is 0 Å². The van der Waals surface area contributed by atoms with Crippen molar-refractivity contribution < 1.29 is 9.18 Å². The van der Waals surface area contributed by atoms with Gasteiger partial charge >= 0.3 is 0 Å². The van der Waals surface area contributed by atoms with Crippen LogP contribution in [0.4, 0.5) is 10.1 Å². The van der Waals surface area contributed by atoms with Crippen molar-refractivity contribution in [3.63, 3.8) is 0 Å². The molecule has 3 heteroatoms. The van der Waals surface area contributed by atoms with Gasteiger partial charge in [-0.1, -0.05) is 50.2 Å². The largest absolute Gasteiger partial charge is 0.382 e. The predicted molar refractivity (Wildman–Crippen MR) is 86.7 cm³/mol. The van der Waals surface area contributed by atoms with Gasteiger partial charge in [-0.3, -0.25) is 4.79 Å². The highest BCUT2D eigenvalue weighted by Crippen LogP contribution is 2.64. The molecule has 2 nitrogen and oxygen atoms in total. The number of para-hydroxylation sites is 1. The van der Waals surface area contributed by atoms with Crippen molar-refractivity contribution in [1.29, 1.82) is 0 Å². The van der Waals surface area contributed by atoms with Crippen molar-refractivity contribution >= 4 is 12.0 Å². The molecule has 3 rings (SSSR count). The molecular weight excluding hydrogens is 277 g/mol. The standard InChI is InChI=1S/C19H20FNO/c1-19(2)15(11-21-17-6-4-3-5-16(17)20)18(19)14-9-7-13(12-22)8-10-14/h3-10,12,15,18,21H,11H2,1-2H3. The molecule has 1 N–H and O–H groups in total. The molecule has 2 aromatic rings. The topological polar surface area (TPSA) is 29.1 Å². The van der Waals surface area contributed by atoms with E-state index in [1.807, 2.05) is 30.3 Å². The number of hydrogen-bond donors (Lipinski definition) is 1. The van der Waals surface area contributed by atoms with E-state index in [-0.39, 0.29) is 11.2 Å². The summed E-state index contributed by atoms with van der Waals surface area (Å²) in [5.41, 5.74) is 2.68. The molecule has 1 fully saturated rings. The number of hydrogen-bond acceptors (Lipinski definition) is 2. The lowest BCUT2D eigenvalue weighted by Crippen LogP contribution is -2.08. The number of halogens is 1. The summed E-state index contributed by atoms with van der Waals surface area (Å²) < 4.78 is 13.7. The molecule has 2 unspecified atom stereocenters. The monoisotopic (exact) mass is 297 g/mol. The van der Waals surface area contributed by atoms with Gasteiger partial charge in [-0.05, 0) is 34.9 Å². The second kappa shape index (κ2) is 5.56. The van der Waals surface area contributed by atoms with Gasteiger partial charge < -0.3 is 5.32 Å². The third kappa shape index (κ3) is 2.63. The van der Waals surface area contributed by atoms with Gasteiger partial charge in [0.05, 0.1) is 5.69 Å². The Morgan fingerprint density at radius 3 is 2.45 bits per heavy atom. The molecule has 0 amide bonds. The van der Waals surface area contributed by atoms with Crippen LogP contribution in [0.5, 0.6) is 0 Å². The zero-order valence-corrected chi connectivity index (χ0v) is 12.8. The Bertz CT molecular complexity index is 678. The average molecular weight is 297 g/mol. The lowest BCUT2D eigenvalue weighted by molar-refractivity contribution is 0.112. The fourth-order valence-corrected chi connectivity index (χ4v) is 3.39. The van der Waals surface area contributed by atoms with E-state index in [9.17, 15) is 9.18 Å². The zero-order chi connectivity index (χ0) is 15.7. The Morgan fingerprint density at radius 2 is 1.82 bits per heavy atom. The second-order valence-electron chi connectivity index (χ2n) is 6.55. The Labute approximate surface area is 130 Å². The number of benzene rings is 2. The summed E-state index contributed by atoms with van der Waals surface area (Å²) in [6.07, 6.45) is 0.860. The minimum Gasteiger partial charge on any atom is -0.382 e. The molecule has 0 spiro atoms. The smallest absolute Gasteiger partial charge is 0.150 e. The average Bonchev–Trinajstić information content (AvgIpc) is 3.07. The van der Waals surface area contributed by atoms with Crippen molar-refractivity contribution in [2.24, 2.45) is 11.3 Å². The zero-order valence-electron chi connectivity index (χ0n) is 12.8. The molecule has 1 saturated carbocycles. The molecule has 0 aromatic heterocycles. The van der Waals surface area contributed by atoms with Crippen molar-refractivity contribution in [2.75, 3.05) is 11.9 Å². The minimum atomic E-state index is -0.215. The van der Waals surface area contributed by atoms with Gasteiger partial charge in [0.15, 0.2) is 0 Å². The van der Waals surface area contributed by atoms with Crippen LogP contribution in [0.25, 0.3) is 0 Å². The third-order valence-electron chi connectivity index (χ3n) is 4.87. The van der Waals surface area contributed by atoms with Crippen molar-refractivity contribution in [3.8, 4) is 0 Å². The van der Waals surface area contributed by atoms with Crippen LogP contribution in [-0.4, -0.2) is 12.8 Å². The fraction of sp³-hybridized carbons (Fsp3) is 0.316. The summed E-state index contributed by atoms with van der Waals surface area (Å²) in [4.78, 5) is 10.7. The molecule has 0 aliphatic heterocycles. The van der Waals surface area contributed by atoms with E-state index in [4.69, 9.17) is 0 Å². The Kier molecular flexibility index (Phi) is 3.73. The summed E-state index contributed by atoms with van der Waals surface area (Å²) in [6, 6.07) is 14.5. The summed E-state index contributed by atoms with van der Waals surface area (Å²) >= 11 is 0. The SMILES string of the molecule is CC1(C)C(CNc2ccccc2F)C1c1ccc(C=O)cc1. The van der Waals surface area contributed by atoms with Crippen molar-refractivity contribution in [3.05, 3.63) is 65.5 Å². The molecule has 114 valence electrons. The molecule has 2 atom stereocenters. The molecule has 1 aliphatic carbocycles. The first-order valence-electron chi connectivity index (χ1n) is 7.57. The maximum Gasteiger partial charge on any atom is 0.150 e. The van der Waals surface area contributed by atoms with E-state index in [2.05, 4.69) is 19.2 Å². The fourth-order valence-electron chi connectivity index (χ4n) is 3.39. The van der Waals surface area contributed by atoms with E-state index in [1.165, 1.54) is 11.6 Å². The molecule has 0 radical (unpaired) electrons. The summed E-state index contributed by atoms with van der Waals surface area (Å²) in [7, 11) is 0. The van der Waals surface area contributed by atoms with E-state index < -0.39 is 0 Å². The summed E-state index contributed by atoms with van der Waals surface area (Å²) in [5, 5.41) is 3.22. The first-order chi connectivity index (χ1) is 10.5. The molecule has 22 heavy (non-hydrogen) atoms. The van der Waals surface area contributed by atoms with Crippen LogP contribution in [-0.2, 0) is 0 Å². The highest BCUT2D eigenvalue weighted by atomic mass is 19.1. The van der Waals surface area contributed by atoms with Gasteiger partial charge in [-0.25, -0.2) is 4.39 Å². The highest BCUT2D eigenvalue weighted by molar-refractivity contribution is 5.74. The van der Waals surface area contributed by atoms with Crippen LogP contribution in [0, 0.1) is 17.2 Å². The molecule has 0 saturated heterocycles. The van der Waals surface area contributed by atoms with Crippen LogP contribution >= 0.6 is 0 Å². The number of anilines is 1. The quantitative estimate of drug-likeness (QED) is 0.824. The first kappa shape index (κ1) is 14.8. The normalized spacial score (nSPS) is 22.1. The maximum absolute atomic E-state index is 13.7. The highest BCUT2D eigenvalue weighted by Gasteiger charge is 2.57. The van der Waals surface area contributed by atoms with Crippen LogP contribution in [0.2, 0.25) is 0 Å². The second-order valence-corrected chi connectivity index (χ2v) is 6.55. The van der Waals surface area contributed by atoms with Crippen LogP contribution < -0.4 is 5.32 Å². The van der Waals surface area contributed by atoms with E-state index in [0.29, 0.717) is 23.1 Å². The van der Waals surface area contributed by atoms with Crippen molar-refractivity contribution in [1.82, 2.24) is 0 Å². The lowest BCUT2D eigenvalue weighted by atomic mass is 10.0. The van der Waals surface area contributed by atoms with Gasteiger partial charge in [0.1, 0.15) is 12.1 Å². The molecule has 2 aromatic carbocycles. The number of rotatable bonds is 5. The predicted octanol–water partition coefficient (Wildman–Crippen LogP) is 4.49. The van der Waals surface area contributed by atoms with E-state index >= 15 is 0 Å². The lowest BCUT2D eigenvalue weighted by Gasteiger charge is -2.08. The van der Waals surface area contributed by atoms with Crippen LogP contribution in [0.1, 0.15) is 35.7 Å². The molecule has 0 bridgehead atoms. The van der Waals surface area contributed by atoms with E-state index in [1.54, 1.807) is 12.1 Å². The van der Waals surface area contributed by atoms with Gasteiger partial charge in [0.25, 0.3) is 0 Å². The third-order valence-corrected chi connectivity index (χ3v) is 4.87. The number of aldehydes is 1. The minimum absolute atomic E-state index is 0.182. The summed E-state index contributed by atoms with van der Waals surface area (Å²) in [6.45, 7) is 5.21. The van der Waals surface area contributed by atoms with Gasteiger partial charge in [-0.2, -0.15) is 0 Å². The molecule has 1 aliphatic rings. The van der Waals surface area contributed by atoms with Crippen LogP contribution in [0.3, 0.4) is 0 Å². The Hall–Kier alpha value is -2.16. The molecular formula is C19H20FNO. The van der Waals surface area contributed by atoms with Gasteiger partial charge in [0, 0.05) is 12.1 Å². The van der Waals surface area contributed by atoms with Gasteiger partial charge in [0.2, 0.25) is 0 Å². The van der Waals surface area contributed by atoms with Crippen LogP contribution in [0.15, 0.2) is 48.5 Å². The Morgan fingerprint density at radius 1 is 1.14 bits per heavy atom. The van der Waals surface area contributed by atoms with E-state index in [0.717, 1.165) is 12.8 Å². The number of carbonyl (C=O) groups excluding carboxylic acids is 1. The molecule has 0 heterocycles. The number of nitrogens with one attached hydrogen (secondary N) is 1. The van der Waals surface area contributed by atoms with Crippen molar-refractivity contribution in [2.45, 2.75) is 19.8 Å². The maximum atomic E-state index is 13.7. The summed E-state index contributed by atoms with van der Waals surface area (Å²) in [5.74, 6) is 0.675. The first-order valence-corrected chi connectivity index (χ1v) is 7.57. The number of carbonyl (C=O) groups is 1.